The molecule has 2 aromatic carbocycles. The second-order valence-corrected chi connectivity index (χ2v) is 4.34. The zero-order valence-corrected chi connectivity index (χ0v) is 11.0. The summed E-state index contributed by atoms with van der Waals surface area (Å²) in [6.07, 6.45) is 0.851. The van der Waals surface area contributed by atoms with Crippen molar-refractivity contribution in [2.24, 2.45) is 0 Å². The summed E-state index contributed by atoms with van der Waals surface area (Å²) in [5.74, 6) is -1.46. The Hall–Kier alpha value is -2.23. The lowest BCUT2D eigenvalue weighted by atomic mass is 10.1. The van der Waals surface area contributed by atoms with E-state index in [1.165, 1.54) is 0 Å². The molecule has 0 aliphatic heterocycles. The van der Waals surface area contributed by atoms with Crippen LogP contribution in [0.25, 0.3) is 0 Å². The van der Waals surface area contributed by atoms with Crippen molar-refractivity contribution in [3.8, 4) is 5.75 Å². The number of halogens is 2. The van der Waals surface area contributed by atoms with Gasteiger partial charge < -0.3 is 4.74 Å². The van der Waals surface area contributed by atoms with Gasteiger partial charge in [-0.1, -0.05) is 19.1 Å². The van der Waals surface area contributed by atoms with Gasteiger partial charge in [0.15, 0.2) is 6.61 Å². The van der Waals surface area contributed by atoms with Gasteiger partial charge in [0.1, 0.15) is 17.4 Å². The lowest BCUT2D eigenvalue weighted by molar-refractivity contribution is 0.0917. The van der Waals surface area contributed by atoms with E-state index in [0.29, 0.717) is 5.75 Å². The standard InChI is InChI=1S/C16H14F2O2/c1-2-11-4-3-5-13(8-11)20-10-16(19)14-9-12(17)6-7-15(14)18/h3-9H,2,10H2,1H3. The van der Waals surface area contributed by atoms with Crippen LogP contribution in [0.5, 0.6) is 5.75 Å². The van der Waals surface area contributed by atoms with E-state index in [1.54, 1.807) is 6.07 Å². The highest BCUT2D eigenvalue weighted by atomic mass is 19.1. The van der Waals surface area contributed by atoms with E-state index < -0.39 is 17.4 Å². The minimum Gasteiger partial charge on any atom is -0.485 e. The molecule has 0 N–H and O–H groups in total. The summed E-state index contributed by atoms with van der Waals surface area (Å²) in [6, 6.07) is 10.1. The van der Waals surface area contributed by atoms with Gasteiger partial charge in [0.05, 0.1) is 5.56 Å². The average molecular weight is 276 g/mol. The number of aryl methyl sites for hydroxylation is 1. The van der Waals surface area contributed by atoms with Gasteiger partial charge in [-0.2, -0.15) is 0 Å². The summed E-state index contributed by atoms with van der Waals surface area (Å²) in [5.41, 5.74) is 0.781. The number of benzene rings is 2. The third kappa shape index (κ3) is 3.41. The largest absolute Gasteiger partial charge is 0.485 e. The number of ether oxygens (including phenoxy) is 1. The first kappa shape index (κ1) is 14.2. The monoisotopic (exact) mass is 276 g/mol. The molecule has 2 nitrogen and oxygen atoms in total. The Bertz CT molecular complexity index is 624. The molecular formula is C16H14F2O2. The minimum atomic E-state index is -0.748. The molecule has 2 aromatic rings. The van der Waals surface area contributed by atoms with Crippen LogP contribution in [0.1, 0.15) is 22.8 Å². The highest BCUT2D eigenvalue weighted by Gasteiger charge is 2.13. The van der Waals surface area contributed by atoms with Crippen molar-refractivity contribution in [1.82, 2.24) is 0 Å². The van der Waals surface area contributed by atoms with E-state index in [4.69, 9.17) is 4.74 Å². The molecule has 0 saturated heterocycles. The minimum absolute atomic E-state index is 0.295. The predicted molar refractivity (Wildman–Crippen MR) is 72.0 cm³/mol. The van der Waals surface area contributed by atoms with Gasteiger partial charge in [0, 0.05) is 0 Å². The molecule has 2 rings (SSSR count). The quantitative estimate of drug-likeness (QED) is 0.777. The van der Waals surface area contributed by atoms with Crippen molar-refractivity contribution >= 4 is 5.78 Å². The molecule has 0 radical (unpaired) electrons. The SMILES string of the molecule is CCc1cccc(OCC(=O)c2cc(F)ccc2F)c1. The molecule has 20 heavy (non-hydrogen) atoms. The number of carbonyl (C=O) groups is 1. The van der Waals surface area contributed by atoms with Crippen molar-refractivity contribution in [1.29, 1.82) is 0 Å². The van der Waals surface area contributed by atoms with E-state index in [9.17, 15) is 13.6 Å². The summed E-state index contributed by atoms with van der Waals surface area (Å²) in [5, 5.41) is 0. The maximum absolute atomic E-state index is 13.4. The predicted octanol–water partition coefficient (Wildman–Crippen LogP) is 3.79. The third-order valence-corrected chi connectivity index (χ3v) is 2.91. The Morgan fingerprint density at radius 3 is 2.70 bits per heavy atom. The van der Waals surface area contributed by atoms with Crippen LogP contribution >= 0.6 is 0 Å². The zero-order chi connectivity index (χ0) is 14.5. The molecule has 0 bridgehead atoms. The highest BCUT2D eigenvalue weighted by molar-refractivity contribution is 5.97. The lowest BCUT2D eigenvalue weighted by Crippen LogP contribution is -2.13. The molecule has 0 aliphatic rings. The van der Waals surface area contributed by atoms with Crippen molar-refractivity contribution in [3.63, 3.8) is 0 Å². The number of rotatable bonds is 5. The van der Waals surface area contributed by atoms with Gasteiger partial charge in [-0.3, -0.25) is 4.79 Å². The van der Waals surface area contributed by atoms with Gasteiger partial charge in [-0.25, -0.2) is 8.78 Å². The Morgan fingerprint density at radius 1 is 1.15 bits per heavy atom. The van der Waals surface area contributed by atoms with Crippen LogP contribution in [0.2, 0.25) is 0 Å². The maximum atomic E-state index is 13.4. The smallest absolute Gasteiger partial charge is 0.203 e. The summed E-state index contributed by atoms with van der Waals surface area (Å²) in [7, 11) is 0. The van der Waals surface area contributed by atoms with E-state index >= 15 is 0 Å². The summed E-state index contributed by atoms with van der Waals surface area (Å²) >= 11 is 0. The first-order chi connectivity index (χ1) is 9.60. The molecule has 0 aromatic heterocycles. The molecule has 0 amide bonds. The van der Waals surface area contributed by atoms with Crippen LogP contribution in [0.3, 0.4) is 0 Å². The number of hydrogen-bond acceptors (Lipinski definition) is 2. The molecule has 104 valence electrons. The van der Waals surface area contributed by atoms with Crippen LogP contribution < -0.4 is 4.74 Å². The zero-order valence-electron chi connectivity index (χ0n) is 11.0. The van der Waals surface area contributed by atoms with Gasteiger partial charge in [0.25, 0.3) is 0 Å². The molecule has 0 unspecified atom stereocenters. The molecule has 0 fully saturated rings. The second-order valence-electron chi connectivity index (χ2n) is 4.34. The van der Waals surface area contributed by atoms with E-state index in [2.05, 4.69) is 0 Å². The number of carbonyl (C=O) groups excluding carboxylic acids is 1. The van der Waals surface area contributed by atoms with Crippen LogP contribution in [0.15, 0.2) is 42.5 Å². The fourth-order valence-electron chi connectivity index (χ4n) is 1.79. The second kappa shape index (κ2) is 6.28. The Labute approximate surface area is 116 Å². The number of Topliss-reactive ketones (excluding diaryl/α,β-unsaturated/α-hetero) is 1. The topological polar surface area (TPSA) is 26.3 Å². The summed E-state index contributed by atoms with van der Waals surface area (Å²) in [4.78, 5) is 11.8. The first-order valence-electron chi connectivity index (χ1n) is 6.30. The van der Waals surface area contributed by atoms with Gasteiger partial charge in [0.2, 0.25) is 5.78 Å². The van der Waals surface area contributed by atoms with E-state index in [0.717, 1.165) is 30.2 Å². The normalized spacial score (nSPS) is 10.3. The van der Waals surface area contributed by atoms with Crippen LogP contribution in [0, 0.1) is 11.6 Å². The first-order valence-corrected chi connectivity index (χ1v) is 6.30. The molecule has 0 spiro atoms. The van der Waals surface area contributed by atoms with Crippen molar-refractivity contribution in [3.05, 3.63) is 65.2 Å². The number of hydrogen-bond donors (Lipinski definition) is 0. The van der Waals surface area contributed by atoms with Gasteiger partial charge >= 0.3 is 0 Å². The van der Waals surface area contributed by atoms with Crippen LogP contribution in [-0.2, 0) is 6.42 Å². The van der Waals surface area contributed by atoms with Crippen molar-refractivity contribution in [2.45, 2.75) is 13.3 Å². The van der Waals surface area contributed by atoms with Crippen LogP contribution in [0.4, 0.5) is 8.78 Å². The van der Waals surface area contributed by atoms with Crippen molar-refractivity contribution in [2.75, 3.05) is 6.61 Å². The summed E-state index contributed by atoms with van der Waals surface area (Å²) < 4.78 is 31.8. The molecule has 0 saturated carbocycles. The summed E-state index contributed by atoms with van der Waals surface area (Å²) in [6.45, 7) is 1.68. The lowest BCUT2D eigenvalue weighted by Gasteiger charge is -2.07. The average Bonchev–Trinajstić information content (AvgIpc) is 2.47. The Morgan fingerprint density at radius 2 is 1.95 bits per heavy atom. The molecule has 4 heteroatoms. The van der Waals surface area contributed by atoms with Crippen LogP contribution in [-0.4, -0.2) is 12.4 Å². The third-order valence-electron chi connectivity index (χ3n) is 2.91. The van der Waals surface area contributed by atoms with Gasteiger partial charge in [-0.05, 0) is 42.3 Å². The van der Waals surface area contributed by atoms with Gasteiger partial charge in [-0.15, -0.1) is 0 Å². The fraction of sp³-hybridized carbons (Fsp3) is 0.188. The maximum Gasteiger partial charge on any atom is 0.203 e. The fourth-order valence-corrected chi connectivity index (χ4v) is 1.79. The highest BCUT2D eigenvalue weighted by Crippen LogP contribution is 2.15. The Balaban J connectivity index is 2.06. The molecule has 0 aliphatic carbocycles. The molecule has 0 atom stereocenters. The Kier molecular flexibility index (Phi) is 4.45. The van der Waals surface area contributed by atoms with E-state index in [1.807, 2.05) is 25.1 Å². The molecular weight excluding hydrogens is 262 g/mol. The number of ketones is 1. The van der Waals surface area contributed by atoms with E-state index in [-0.39, 0.29) is 12.2 Å². The molecule has 0 heterocycles. The van der Waals surface area contributed by atoms with Crippen molar-refractivity contribution < 1.29 is 18.3 Å².